The maximum Gasteiger partial charge on any atom is 0.238 e. The van der Waals surface area contributed by atoms with E-state index in [1.54, 1.807) is 18.4 Å². The number of furan rings is 1. The molecule has 3 aromatic rings. The number of amides is 1. The van der Waals surface area contributed by atoms with Crippen LogP contribution in [0.25, 0.3) is 11.6 Å². The van der Waals surface area contributed by atoms with Crippen molar-refractivity contribution >= 4 is 5.91 Å². The van der Waals surface area contributed by atoms with Crippen molar-refractivity contribution in [1.29, 1.82) is 0 Å². The fourth-order valence-corrected chi connectivity index (χ4v) is 3.75. The number of carbonyl (C=O) groups is 1. The molecule has 140 valence electrons. The Balaban J connectivity index is 1.33. The van der Waals surface area contributed by atoms with E-state index in [1.807, 2.05) is 11.0 Å². The van der Waals surface area contributed by atoms with Crippen LogP contribution < -0.4 is 0 Å². The highest BCUT2D eigenvalue weighted by molar-refractivity contribution is 5.77. The molecule has 1 fully saturated rings. The van der Waals surface area contributed by atoms with Gasteiger partial charge in [-0.05, 0) is 49.4 Å². The summed E-state index contributed by atoms with van der Waals surface area (Å²) in [6, 6.07) is 12.1. The lowest BCUT2D eigenvalue weighted by Crippen LogP contribution is -2.30. The van der Waals surface area contributed by atoms with Crippen LogP contribution >= 0.6 is 0 Å². The molecule has 4 rings (SSSR count). The molecule has 0 radical (unpaired) electrons. The largest absolute Gasteiger partial charge is 0.461 e. The second-order valence-corrected chi connectivity index (χ2v) is 6.94. The highest BCUT2D eigenvalue weighted by Crippen LogP contribution is 2.34. The SMILES string of the molecule is Cc1ccccc1[C@H]1CCCN1C(=O)CCCc1nc(-c2ccco2)no1. The third kappa shape index (κ3) is 3.79. The molecule has 1 amide bonds. The van der Waals surface area contributed by atoms with Crippen LogP contribution in [0.15, 0.2) is 51.6 Å². The van der Waals surface area contributed by atoms with Gasteiger partial charge >= 0.3 is 0 Å². The maximum absolute atomic E-state index is 12.8. The Bertz CT molecular complexity index is 901. The smallest absolute Gasteiger partial charge is 0.238 e. The second-order valence-electron chi connectivity index (χ2n) is 6.94. The van der Waals surface area contributed by atoms with Crippen LogP contribution in [0.4, 0.5) is 0 Å². The van der Waals surface area contributed by atoms with Gasteiger partial charge < -0.3 is 13.8 Å². The molecule has 1 atom stereocenters. The van der Waals surface area contributed by atoms with E-state index in [4.69, 9.17) is 8.94 Å². The van der Waals surface area contributed by atoms with Gasteiger partial charge in [-0.1, -0.05) is 29.4 Å². The third-order valence-corrected chi connectivity index (χ3v) is 5.11. The maximum atomic E-state index is 12.8. The number of rotatable bonds is 6. The van der Waals surface area contributed by atoms with Crippen molar-refractivity contribution in [1.82, 2.24) is 15.0 Å². The van der Waals surface area contributed by atoms with E-state index in [1.165, 1.54) is 11.1 Å². The first kappa shape index (κ1) is 17.5. The minimum Gasteiger partial charge on any atom is -0.461 e. The Labute approximate surface area is 158 Å². The standard InChI is InChI=1S/C21H23N3O3/c1-15-7-2-3-8-16(15)17-9-5-13-24(17)20(25)12-4-11-19-22-21(23-27-19)18-10-6-14-26-18/h2-3,6-8,10,14,17H,4-5,9,11-13H2,1H3/t17-/m1/s1. The van der Waals surface area contributed by atoms with Gasteiger partial charge in [0.2, 0.25) is 17.6 Å². The number of hydrogen-bond acceptors (Lipinski definition) is 5. The number of carbonyl (C=O) groups excluding carboxylic acids is 1. The number of hydrogen-bond donors (Lipinski definition) is 0. The fraction of sp³-hybridized carbons (Fsp3) is 0.381. The van der Waals surface area contributed by atoms with Gasteiger partial charge in [-0.15, -0.1) is 0 Å². The highest BCUT2D eigenvalue weighted by Gasteiger charge is 2.30. The molecule has 1 aliphatic heterocycles. The first-order valence-electron chi connectivity index (χ1n) is 9.44. The molecular formula is C21H23N3O3. The summed E-state index contributed by atoms with van der Waals surface area (Å²) in [6.45, 7) is 2.95. The van der Waals surface area contributed by atoms with E-state index in [9.17, 15) is 4.79 Å². The molecule has 0 N–H and O–H groups in total. The van der Waals surface area contributed by atoms with Crippen LogP contribution in [0.5, 0.6) is 0 Å². The Morgan fingerprint density at radius 2 is 2.15 bits per heavy atom. The number of nitrogens with zero attached hydrogens (tertiary/aromatic N) is 3. The van der Waals surface area contributed by atoms with E-state index in [0.717, 1.165) is 19.4 Å². The molecule has 0 saturated carbocycles. The Morgan fingerprint density at radius 3 is 2.96 bits per heavy atom. The van der Waals surface area contributed by atoms with Crippen LogP contribution in [0.1, 0.15) is 48.7 Å². The van der Waals surface area contributed by atoms with E-state index in [-0.39, 0.29) is 11.9 Å². The molecule has 3 heterocycles. The topological polar surface area (TPSA) is 72.4 Å². The number of likely N-dealkylation sites (tertiary alicyclic amines) is 1. The van der Waals surface area contributed by atoms with Gasteiger partial charge in [-0.2, -0.15) is 4.98 Å². The molecule has 0 aliphatic carbocycles. The molecule has 0 spiro atoms. The zero-order chi connectivity index (χ0) is 18.6. The van der Waals surface area contributed by atoms with Crippen molar-refractivity contribution in [2.45, 2.75) is 45.1 Å². The van der Waals surface area contributed by atoms with Gasteiger partial charge in [0.1, 0.15) is 0 Å². The lowest BCUT2D eigenvalue weighted by molar-refractivity contribution is -0.132. The van der Waals surface area contributed by atoms with Crippen molar-refractivity contribution in [2.75, 3.05) is 6.54 Å². The van der Waals surface area contributed by atoms with Crippen molar-refractivity contribution in [3.05, 3.63) is 59.7 Å². The van der Waals surface area contributed by atoms with Gasteiger partial charge in [-0.3, -0.25) is 4.79 Å². The van der Waals surface area contributed by atoms with Crippen molar-refractivity contribution < 1.29 is 13.7 Å². The Kier molecular flexibility index (Phi) is 5.05. The molecule has 6 heteroatoms. The average Bonchev–Trinajstić information content (AvgIpc) is 3.42. The molecule has 1 aliphatic rings. The minimum absolute atomic E-state index is 0.200. The fourth-order valence-electron chi connectivity index (χ4n) is 3.75. The predicted octanol–water partition coefficient (Wildman–Crippen LogP) is 4.32. The average molecular weight is 365 g/mol. The van der Waals surface area contributed by atoms with E-state index < -0.39 is 0 Å². The van der Waals surface area contributed by atoms with E-state index in [2.05, 4.69) is 35.3 Å². The summed E-state index contributed by atoms with van der Waals surface area (Å²) < 4.78 is 10.5. The summed E-state index contributed by atoms with van der Waals surface area (Å²) >= 11 is 0. The lowest BCUT2D eigenvalue weighted by Gasteiger charge is -2.26. The van der Waals surface area contributed by atoms with Crippen LogP contribution in [0.3, 0.4) is 0 Å². The zero-order valence-corrected chi connectivity index (χ0v) is 15.4. The molecule has 27 heavy (non-hydrogen) atoms. The third-order valence-electron chi connectivity index (χ3n) is 5.11. The predicted molar refractivity (Wildman–Crippen MR) is 99.8 cm³/mol. The molecular weight excluding hydrogens is 342 g/mol. The van der Waals surface area contributed by atoms with Crippen molar-refractivity contribution in [3.63, 3.8) is 0 Å². The molecule has 0 unspecified atom stereocenters. The Hall–Kier alpha value is -2.89. The van der Waals surface area contributed by atoms with Crippen LogP contribution in [0.2, 0.25) is 0 Å². The normalized spacial score (nSPS) is 16.8. The van der Waals surface area contributed by atoms with Gasteiger partial charge in [0.15, 0.2) is 5.76 Å². The second kappa shape index (κ2) is 7.78. The first-order chi connectivity index (χ1) is 13.2. The molecule has 1 saturated heterocycles. The van der Waals surface area contributed by atoms with Gasteiger partial charge in [-0.25, -0.2) is 0 Å². The number of aromatic nitrogens is 2. The molecule has 1 aromatic carbocycles. The number of aryl methyl sites for hydroxylation is 2. The first-order valence-corrected chi connectivity index (χ1v) is 9.44. The van der Waals surface area contributed by atoms with E-state index >= 15 is 0 Å². The summed E-state index contributed by atoms with van der Waals surface area (Å²) in [5.41, 5.74) is 2.52. The molecule has 6 nitrogen and oxygen atoms in total. The molecule has 2 aromatic heterocycles. The lowest BCUT2D eigenvalue weighted by atomic mass is 9.99. The van der Waals surface area contributed by atoms with Crippen LogP contribution in [0, 0.1) is 6.92 Å². The summed E-state index contributed by atoms with van der Waals surface area (Å²) in [7, 11) is 0. The summed E-state index contributed by atoms with van der Waals surface area (Å²) in [6.07, 6.45) is 5.43. The van der Waals surface area contributed by atoms with Crippen LogP contribution in [-0.4, -0.2) is 27.5 Å². The number of benzene rings is 1. The van der Waals surface area contributed by atoms with Gasteiger partial charge in [0.25, 0.3) is 0 Å². The zero-order valence-electron chi connectivity index (χ0n) is 15.4. The monoisotopic (exact) mass is 365 g/mol. The van der Waals surface area contributed by atoms with E-state index in [0.29, 0.717) is 36.7 Å². The molecule has 0 bridgehead atoms. The summed E-state index contributed by atoms with van der Waals surface area (Å²) in [5.74, 6) is 1.76. The van der Waals surface area contributed by atoms with Gasteiger partial charge in [0.05, 0.1) is 12.3 Å². The van der Waals surface area contributed by atoms with Crippen LogP contribution in [-0.2, 0) is 11.2 Å². The van der Waals surface area contributed by atoms with Gasteiger partial charge in [0, 0.05) is 19.4 Å². The summed E-state index contributed by atoms with van der Waals surface area (Å²) in [5, 5.41) is 3.92. The quantitative estimate of drug-likeness (QED) is 0.650. The van der Waals surface area contributed by atoms with Crippen molar-refractivity contribution in [2.24, 2.45) is 0 Å². The van der Waals surface area contributed by atoms with Crippen molar-refractivity contribution in [3.8, 4) is 11.6 Å². The Morgan fingerprint density at radius 1 is 1.26 bits per heavy atom. The minimum atomic E-state index is 0.200. The summed E-state index contributed by atoms with van der Waals surface area (Å²) in [4.78, 5) is 19.1. The highest BCUT2D eigenvalue weighted by atomic mass is 16.5.